The van der Waals surface area contributed by atoms with Crippen LogP contribution in [0.2, 0.25) is 0 Å². The van der Waals surface area contributed by atoms with Crippen molar-refractivity contribution in [1.82, 2.24) is 0 Å². The minimum absolute atomic E-state index is 0.0411. The first-order valence-electron chi connectivity index (χ1n) is 24.9. The topological polar surface area (TPSA) is 231 Å². The lowest BCUT2D eigenvalue weighted by Crippen LogP contribution is -2.61. The highest BCUT2D eigenvalue weighted by Gasteiger charge is 2.47. The summed E-state index contributed by atoms with van der Waals surface area (Å²) < 4.78 is 33.4. The molecule has 66 heavy (non-hydrogen) atoms. The molecule has 11 unspecified atom stereocenters. The van der Waals surface area contributed by atoms with E-state index in [1.54, 1.807) is 0 Å². The van der Waals surface area contributed by atoms with Gasteiger partial charge in [-0.05, 0) is 64.2 Å². The van der Waals surface area contributed by atoms with E-state index >= 15 is 0 Å². The Labute approximate surface area is 394 Å². The van der Waals surface area contributed by atoms with Crippen LogP contribution in [0.5, 0.6) is 0 Å². The molecular formula is C51H86O15. The summed E-state index contributed by atoms with van der Waals surface area (Å²) >= 11 is 0. The molecule has 2 rings (SSSR count). The predicted molar refractivity (Wildman–Crippen MR) is 252 cm³/mol. The summed E-state index contributed by atoms with van der Waals surface area (Å²) in [5.41, 5.74) is 0. The number of hydrogen-bond acceptors (Lipinski definition) is 15. The summed E-state index contributed by atoms with van der Waals surface area (Å²) in [6.07, 6.45) is 25.6. The van der Waals surface area contributed by atoms with E-state index in [1.165, 1.54) is 57.8 Å². The van der Waals surface area contributed by atoms with Crippen molar-refractivity contribution in [2.24, 2.45) is 0 Å². The van der Waals surface area contributed by atoms with Crippen molar-refractivity contribution in [2.45, 2.75) is 223 Å². The number of aliphatic hydroxyl groups is 7. The Morgan fingerprint density at radius 2 is 0.985 bits per heavy atom. The van der Waals surface area contributed by atoms with E-state index in [2.05, 4.69) is 56.4 Å². The predicted octanol–water partition coefficient (Wildman–Crippen LogP) is 6.49. The zero-order valence-corrected chi connectivity index (χ0v) is 39.9. The van der Waals surface area contributed by atoms with Gasteiger partial charge in [-0.1, -0.05) is 139 Å². The average Bonchev–Trinajstić information content (AvgIpc) is 3.31. The zero-order chi connectivity index (χ0) is 48.2. The molecule has 15 heteroatoms. The molecule has 15 nitrogen and oxygen atoms in total. The third-order valence-corrected chi connectivity index (χ3v) is 11.5. The molecule has 2 saturated heterocycles. The molecule has 0 aromatic rings. The van der Waals surface area contributed by atoms with Gasteiger partial charge in [-0.25, -0.2) is 0 Å². The second-order valence-corrected chi connectivity index (χ2v) is 17.3. The normalized spacial score (nSPS) is 26.7. The molecular weight excluding hydrogens is 853 g/mol. The standard InChI is InChI=1S/C51H86O15/c1-3-5-7-9-11-13-15-17-18-19-20-22-23-25-27-29-31-33-42(53)61-36-39(64-43(54)34-32-30-28-26-24-21-16-14-12-10-8-6-4-2)37-62-50-49(60)47(58)45(56)41(66-50)38-63-51-48(59)46(57)44(55)40(35-52)65-51/h6,8,12,14,17-18,21,24,28,30,39-41,44-52,55-60H,3-5,7,9-11,13,15-16,19-20,22-23,25-27,29,31-38H2,1-2H3/b8-6-,14-12-,18-17-,24-21-,30-28-. The van der Waals surface area contributed by atoms with Gasteiger partial charge in [0.2, 0.25) is 0 Å². The van der Waals surface area contributed by atoms with Crippen LogP contribution in [0.1, 0.15) is 155 Å². The first-order valence-corrected chi connectivity index (χ1v) is 24.9. The van der Waals surface area contributed by atoms with E-state index in [9.17, 15) is 45.3 Å². The van der Waals surface area contributed by atoms with Crippen molar-refractivity contribution < 1.29 is 73.8 Å². The Balaban J connectivity index is 1.84. The third kappa shape index (κ3) is 26.1. The van der Waals surface area contributed by atoms with Crippen molar-refractivity contribution in [3.63, 3.8) is 0 Å². The molecule has 2 fully saturated rings. The van der Waals surface area contributed by atoms with Crippen LogP contribution in [0.3, 0.4) is 0 Å². The Bertz CT molecular complexity index is 1380. The minimum atomic E-state index is -1.78. The smallest absolute Gasteiger partial charge is 0.306 e. The fourth-order valence-electron chi connectivity index (χ4n) is 7.40. The summed E-state index contributed by atoms with van der Waals surface area (Å²) in [6.45, 7) is 2.37. The molecule has 380 valence electrons. The Morgan fingerprint density at radius 1 is 0.500 bits per heavy atom. The van der Waals surface area contributed by atoms with Gasteiger partial charge in [0.25, 0.3) is 0 Å². The van der Waals surface area contributed by atoms with Crippen molar-refractivity contribution in [2.75, 3.05) is 26.4 Å². The zero-order valence-electron chi connectivity index (χ0n) is 39.9. The molecule has 2 aliphatic heterocycles. The summed E-state index contributed by atoms with van der Waals surface area (Å²) in [5, 5.41) is 72.0. The van der Waals surface area contributed by atoms with Crippen LogP contribution in [0.15, 0.2) is 60.8 Å². The Hall–Kier alpha value is -2.80. The van der Waals surface area contributed by atoms with Gasteiger partial charge in [0, 0.05) is 12.8 Å². The number of carbonyl (C=O) groups excluding carboxylic acids is 2. The Morgan fingerprint density at radius 3 is 1.56 bits per heavy atom. The van der Waals surface area contributed by atoms with Crippen molar-refractivity contribution in [3.8, 4) is 0 Å². The number of allylic oxidation sites excluding steroid dienone is 10. The average molecular weight is 939 g/mol. The van der Waals surface area contributed by atoms with Gasteiger partial charge in [0.1, 0.15) is 55.4 Å². The molecule has 2 heterocycles. The largest absolute Gasteiger partial charge is 0.462 e. The van der Waals surface area contributed by atoms with Crippen molar-refractivity contribution in [1.29, 1.82) is 0 Å². The molecule has 0 spiro atoms. The maximum Gasteiger partial charge on any atom is 0.306 e. The number of unbranched alkanes of at least 4 members (excludes halogenated alkanes) is 13. The molecule has 0 aromatic heterocycles. The van der Waals surface area contributed by atoms with Gasteiger partial charge < -0.3 is 64.2 Å². The maximum atomic E-state index is 12.9. The van der Waals surface area contributed by atoms with Crippen molar-refractivity contribution in [3.05, 3.63) is 60.8 Å². The monoisotopic (exact) mass is 939 g/mol. The molecule has 0 bridgehead atoms. The Kier molecular flexibility index (Phi) is 34.2. The molecule has 0 aliphatic carbocycles. The van der Waals surface area contributed by atoms with Crippen LogP contribution < -0.4 is 0 Å². The molecule has 11 atom stereocenters. The van der Waals surface area contributed by atoms with Crippen LogP contribution in [0.4, 0.5) is 0 Å². The molecule has 0 amide bonds. The van der Waals surface area contributed by atoms with E-state index in [4.69, 9.17) is 28.4 Å². The highest BCUT2D eigenvalue weighted by molar-refractivity contribution is 5.70. The van der Waals surface area contributed by atoms with E-state index in [0.717, 1.165) is 51.4 Å². The number of rotatable bonds is 37. The van der Waals surface area contributed by atoms with Crippen LogP contribution in [0, 0.1) is 0 Å². The maximum absolute atomic E-state index is 12.9. The SMILES string of the molecule is CC/C=C\C/C=C\C/C=C\C/C=C\CCC(=O)OC(COC(=O)CCCCCCCCC/C=C\CCCCCCCC)COC1OC(COC2OC(CO)C(O)C(O)C2O)C(O)C(O)C1O. The molecule has 0 saturated carbocycles. The number of ether oxygens (including phenoxy) is 6. The summed E-state index contributed by atoms with van der Waals surface area (Å²) in [6, 6.07) is 0. The second kappa shape index (κ2) is 38.1. The minimum Gasteiger partial charge on any atom is -0.462 e. The number of esters is 2. The lowest BCUT2D eigenvalue weighted by atomic mass is 9.98. The van der Waals surface area contributed by atoms with Gasteiger partial charge in [-0.3, -0.25) is 9.59 Å². The van der Waals surface area contributed by atoms with E-state index in [0.29, 0.717) is 19.3 Å². The highest BCUT2D eigenvalue weighted by atomic mass is 16.7. The second-order valence-electron chi connectivity index (χ2n) is 17.3. The fourth-order valence-corrected chi connectivity index (χ4v) is 7.40. The first kappa shape index (κ1) is 59.3. The van der Waals surface area contributed by atoms with Gasteiger partial charge >= 0.3 is 11.9 Å². The quantitative estimate of drug-likeness (QED) is 0.0201. The molecule has 7 N–H and O–H groups in total. The molecule has 2 aliphatic rings. The fraction of sp³-hybridized carbons (Fsp3) is 0.765. The van der Waals surface area contributed by atoms with Gasteiger partial charge in [0.15, 0.2) is 18.7 Å². The van der Waals surface area contributed by atoms with E-state index in [1.807, 2.05) is 18.2 Å². The summed E-state index contributed by atoms with van der Waals surface area (Å²) in [5.74, 6) is -1.03. The van der Waals surface area contributed by atoms with E-state index < -0.39 is 99.3 Å². The number of hydrogen-bond donors (Lipinski definition) is 7. The van der Waals surface area contributed by atoms with Gasteiger partial charge in [-0.15, -0.1) is 0 Å². The van der Waals surface area contributed by atoms with Crippen LogP contribution >= 0.6 is 0 Å². The summed E-state index contributed by atoms with van der Waals surface area (Å²) in [7, 11) is 0. The number of aliphatic hydroxyl groups excluding tert-OH is 7. The van der Waals surface area contributed by atoms with E-state index in [-0.39, 0.29) is 19.4 Å². The van der Waals surface area contributed by atoms with Crippen molar-refractivity contribution >= 4 is 11.9 Å². The first-order chi connectivity index (χ1) is 32.0. The van der Waals surface area contributed by atoms with Crippen LogP contribution in [-0.2, 0) is 38.0 Å². The van der Waals surface area contributed by atoms with Gasteiger partial charge in [-0.2, -0.15) is 0 Å². The van der Waals surface area contributed by atoms with Crippen LogP contribution in [0.25, 0.3) is 0 Å². The van der Waals surface area contributed by atoms with Crippen LogP contribution in [-0.4, -0.2) is 142 Å². The molecule has 0 radical (unpaired) electrons. The highest BCUT2D eigenvalue weighted by Crippen LogP contribution is 2.26. The molecule has 0 aromatic carbocycles. The van der Waals surface area contributed by atoms with Gasteiger partial charge in [0.05, 0.1) is 19.8 Å². The lowest BCUT2D eigenvalue weighted by Gasteiger charge is -2.42. The summed E-state index contributed by atoms with van der Waals surface area (Å²) in [4.78, 5) is 25.7. The lowest BCUT2D eigenvalue weighted by molar-refractivity contribution is -0.332. The number of carbonyl (C=O) groups is 2. The third-order valence-electron chi connectivity index (χ3n) is 11.5.